The number of aliphatic hydroxyl groups excluding tert-OH is 1. The number of aromatic amines is 2. The van der Waals surface area contributed by atoms with Crippen LogP contribution in [-0.4, -0.2) is 182 Å². The number of aromatic hydroxyl groups is 1. The van der Waals surface area contributed by atoms with Crippen molar-refractivity contribution in [2.24, 2.45) is 39.9 Å². The summed E-state index contributed by atoms with van der Waals surface area (Å²) in [6.07, 6.45) is 6.98. The fraction of sp³-hybridized carbons (Fsp3) is 0.554. The number of guanidine groups is 1. The minimum absolute atomic E-state index is 0.0372. The van der Waals surface area contributed by atoms with E-state index in [0.29, 0.717) is 66.4 Å². The summed E-state index contributed by atoms with van der Waals surface area (Å²) < 4.78 is 0. The topological polar surface area (TPSA) is 463 Å². The van der Waals surface area contributed by atoms with Crippen molar-refractivity contribution in [1.82, 2.24) is 62.4 Å². The number of phenolic OH excluding ortho intramolecular Hbond substituents is 1. The van der Waals surface area contributed by atoms with Crippen LogP contribution in [0.3, 0.4) is 0 Å². The number of amides is 9. The van der Waals surface area contributed by atoms with Crippen LogP contribution in [0, 0.1) is 17.8 Å². The van der Waals surface area contributed by atoms with E-state index in [9.17, 15) is 63.0 Å². The SMILES string of the molecule is CC(C)CC(=O)CNC(=O)[C@@H]1CCCN1C(=O)[C@H](CCCN=C(N)N)NC(=O)[C@H](CC(C)C)NC(=O)[C@@H](CCCCCN)CC(=O)[C@H](Cc1ccc(O)cc1)NC(=O)[C@H](CO)NC(=O)[C@H](Cc1c[nH]c2ccccc12)NC(=O)[C@H](Cc1cnc[nH]1)NC(=O)[C@@H]1CCC(=O)N1. The molecule has 94 heavy (non-hydrogen) atoms. The fourth-order valence-electron chi connectivity index (χ4n) is 11.5. The van der Waals surface area contributed by atoms with Gasteiger partial charge < -0.3 is 84.8 Å². The molecule has 2 aromatic carbocycles. The quantitative estimate of drug-likeness (QED) is 0.0155. The molecule has 9 amide bonds. The highest BCUT2D eigenvalue weighted by molar-refractivity contribution is 6.00. The highest BCUT2D eigenvalue weighted by Crippen LogP contribution is 2.24. The van der Waals surface area contributed by atoms with E-state index in [1.165, 1.54) is 41.7 Å². The molecule has 0 spiro atoms. The fourth-order valence-corrected chi connectivity index (χ4v) is 11.5. The van der Waals surface area contributed by atoms with Crippen LogP contribution in [0.4, 0.5) is 0 Å². The number of nitrogens with two attached hydrogens (primary N) is 3. The number of ketones is 2. The Hall–Kier alpha value is -9.25. The molecule has 2 saturated heterocycles. The van der Waals surface area contributed by atoms with Crippen molar-refractivity contribution < 1.29 is 63.0 Å². The van der Waals surface area contributed by atoms with Gasteiger partial charge in [0.05, 0.1) is 25.5 Å². The summed E-state index contributed by atoms with van der Waals surface area (Å²) in [5.41, 5.74) is 19.2. The van der Waals surface area contributed by atoms with Crippen LogP contribution < -0.4 is 59.7 Å². The van der Waals surface area contributed by atoms with Gasteiger partial charge in [-0.2, -0.15) is 0 Å². The molecule has 2 fully saturated rings. The first-order chi connectivity index (χ1) is 44.9. The van der Waals surface area contributed by atoms with Crippen LogP contribution in [0.5, 0.6) is 5.75 Å². The van der Waals surface area contributed by atoms with E-state index in [1.54, 1.807) is 24.4 Å². The van der Waals surface area contributed by atoms with Gasteiger partial charge in [-0.05, 0) is 105 Å². The molecule has 0 radical (unpaired) electrons. The number of likely N-dealkylation sites (tertiary alicyclic amines) is 1. The van der Waals surface area contributed by atoms with Crippen molar-refractivity contribution in [3.05, 3.63) is 84.1 Å². The molecule has 4 aromatic rings. The minimum Gasteiger partial charge on any atom is -0.508 e. The predicted molar refractivity (Wildman–Crippen MR) is 348 cm³/mol. The number of benzene rings is 2. The lowest BCUT2D eigenvalue weighted by molar-refractivity contribution is -0.142. The van der Waals surface area contributed by atoms with Crippen molar-refractivity contribution in [3.63, 3.8) is 0 Å². The number of aliphatic hydroxyl groups is 1. The summed E-state index contributed by atoms with van der Waals surface area (Å²) in [6.45, 7) is 6.89. The zero-order valence-electron chi connectivity index (χ0n) is 54.0. The highest BCUT2D eigenvalue weighted by atomic mass is 16.3. The van der Waals surface area contributed by atoms with Crippen LogP contribution in [-0.2, 0) is 72.0 Å². The number of fused-ring (bicyclic) bond motifs is 1. The standard InChI is InChI=1S/C65H94N16O13/c1-37(2)26-44(84)34-72-63(93)54-16-11-25-81(54)64(94)48(15-10-24-70-65(67)68)75-59(89)50(27-38(3)4)77-57(87)40(12-6-5-9-23-66)30-55(85)49(28-39-17-19-43(83)20-18-39)76-62(92)53(35-82)80-60(90)51(29-41-32-71-46-14-8-7-13-45(41)46)78-61(91)52(31-42-33-69-36-73-42)79-58(88)47-21-22-56(86)74-47/h7-8,13-14,17-20,32-33,36-38,40,47-54,71,82-83H,5-6,9-12,15-16,21-31,34-35,66H2,1-4H3,(H,69,73)(H,72,93)(H,74,86)(H,75,89)(H,76,92)(H,77,87)(H,78,91)(H,79,88)(H,80,90)(H4,67,68,70)/t40-,47-,48-,49-,50-,51-,52-,53-,54-/m0/s1. The number of nitrogens with zero attached hydrogens (tertiary/aromatic N) is 3. The first-order valence-corrected chi connectivity index (χ1v) is 32.3. The highest BCUT2D eigenvalue weighted by Gasteiger charge is 2.40. The van der Waals surface area contributed by atoms with Gasteiger partial charge in [0, 0.05) is 80.1 Å². The van der Waals surface area contributed by atoms with Crippen LogP contribution >= 0.6 is 0 Å². The second kappa shape index (κ2) is 36.9. The molecule has 2 aliphatic heterocycles. The number of carbonyl (C=O) groups excluding carboxylic acids is 11. The molecule has 0 bridgehead atoms. The van der Waals surface area contributed by atoms with Crippen LogP contribution in [0.25, 0.3) is 10.9 Å². The summed E-state index contributed by atoms with van der Waals surface area (Å²) in [5.74, 6) is -8.51. The van der Waals surface area contributed by atoms with Crippen molar-refractivity contribution in [1.29, 1.82) is 0 Å². The molecule has 2 aromatic heterocycles. The number of Topliss-reactive ketones (excluding diaryl/α,β-unsaturated/α-hetero) is 2. The third-order valence-corrected chi connectivity index (χ3v) is 16.5. The maximum absolute atomic E-state index is 14.9. The van der Waals surface area contributed by atoms with E-state index in [2.05, 4.69) is 62.5 Å². The number of nitrogens with one attached hydrogen (secondary N) is 10. The van der Waals surface area contributed by atoms with Crippen LogP contribution in [0.15, 0.2) is 72.2 Å². The van der Waals surface area contributed by atoms with Gasteiger partial charge in [-0.25, -0.2) is 4.98 Å². The molecule has 512 valence electrons. The Bertz CT molecular complexity index is 3260. The number of hydrogen-bond donors (Lipinski definition) is 15. The van der Waals surface area contributed by atoms with Crippen LogP contribution in [0.1, 0.15) is 128 Å². The number of rotatable bonds is 39. The molecule has 29 heteroatoms. The molecular weight excluding hydrogens is 1210 g/mol. The zero-order valence-corrected chi connectivity index (χ0v) is 54.0. The first kappa shape index (κ1) is 73.8. The van der Waals surface area contributed by atoms with E-state index in [-0.39, 0.29) is 119 Å². The van der Waals surface area contributed by atoms with Crippen molar-refractivity contribution >= 4 is 81.6 Å². The summed E-state index contributed by atoms with van der Waals surface area (Å²) >= 11 is 0. The number of phenols is 1. The number of hydrogen-bond acceptors (Lipinski definition) is 16. The van der Waals surface area contributed by atoms with Crippen LogP contribution in [0.2, 0.25) is 0 Å². The van der Waals surface area contributed by atoms with Gasteiger partial charge in [-0.3, -0.25) is 57.7 Å². The Morgan fingerprint density at radius 2 is 1.37 bits per heavy atom. The predicted octanol–water partition coefficient (Wildman–Crippen LogP) is -0.279. The van der Waals surface area contributed by atoms with Crippen molar-refractivity contribution in [2.45, 2.75) is 179 Å². The van der Waals surface area contributed by atoms with Crippen molar-refractivity contribution in [3.8, 4) is 5.75 Å². The monoisotopic (exact) mass is 1310 g/mol. The number of unbranched alkanes of at least 4 members (excludes halogenated alkanes) is 2. The molecule has 4 heterocycles. The normalized spacial score (nSPS) is 16.8. The number of carbonyl (C=O) groups is 11. The van der Waals surface area contributed by atoms with Gasteiger partial charge in [0.2, 0.25) is 53.2 Å². The molecule has 29 nitrogen and oxygen atoms in total. The molecule has 0 aliphatic carbocycles. The second-order valence-electron chi connectivity index (χ2n) is 25.1. The number of imidazole rings is 1. The number of H-pyrrole nitrogens is 2. The third-order valence-electron chi connectivity index (χ3n) is 16.5. The maximum atomic E-state index is 14.9. The molecule has 9 atom stereocenters. The number of para-hydroxylation sites is 1. The van der Waals surface area contributed by atoms with E-state index < -0.39 is 120 Å². The summed E-state index contributed by atoms with van der Waals surface area (Å²) in [4.78, 5) is 169. The Balaban J connectivity index is 1.23. The van der Waals surface area contributed by atoms with E-state index in [4.69, 9.17) is 17.2 Å². The van der Waals surface area contributed by atoms with Gasteiger partial charge in [0.1, 0.15) is 48.0 Å². The average molecular weight is 1310 g/mol. The number of aromatic nitrogens is 3. The molecule has 2 aliphatic rings. The Kier molecular flexibility index (Phi) is 28.9. The first-order valence-electron chi connectivity index (χ1n) is 32.3. The van der Waals surface area contributed by atoms with Crippen molar-refractivity contribution in [2.75, 3.05) is 32.8 Å². The lowest BCUT2D eigenvalue weighted by Gasteiger charge is -2.30. The second-order valence-corrected chi connectivity index (χ2v) is 25.1. The molecule has 0 saturated carbocycles. The molecule has 6 rings (SSSR count). The lowest BCUT2D eigenvalue weighted by Crippen LogP contribution is -2.60. The van der Waals surface area contributed by atoms with Gasteiger partial charge in [0.15, 0.2) is 17.5 Å². The largest absolute Gasteiger partial charge is 0.508 e. The van der Waals surface area contributed by atoms with E-state index in [1.807, 2.05) is 33.8 Å². The molecule has 0 unspecified atom stereocenters. The van der Waals surface area contributed by atoms with Gasteiger partial charge in [-0.15, -0.1) is 0 Å². The average Bonchev–Trinajstić information content (AvgIpc) is 1.72. The van der Waals surface area contributed by atoms with E-state index in [0.717, 1.165) is 0 Å². The van der Waals surface area contributed by atoms with Gasteiger partial charge in [0.25, 0.3) is 0 Å². The van der Waals surface area contributed by atoms with Gasteiger partial charge in [-0.1, -0.05) is 70.9 Å². The summed E-state index contributed by atoms with van der Waals surface area (Å²) in [6, 6.07) is 2.77. The lowest BCUT2D eigenvalue weighted by atomic mass is 9.89. The Labute approximate surface area is 546 Å². The Morgan fingerprint density at radius 3 is 2.03 bits per heavy atom. The summed E-state index contributed by atoms with van der Waals surface area (Å²) in [5, 5.41) is 43.4. The maximum Gasteiger partial charge on any atom is 0.245 e. The van der Waals surface area contributed by atoms with E-state index >= 15 is 0 Å². The Morgan fingerprint density at radius 1 is 0.702 bits per heavy atom. The molecule has 18 N–H and O–H groups in total. The van der Waals surface area contributed by atoms with Gasteiger partial charge >= 0.3 is 0 Å². The minimum atomic E-state index is -1.75. The number of aliphatic imine (C=N–C) groups is 1. The third kappa shape index (κ3) is 23.1. The smallest absolute Gasteiger partial charge is 0.245 e. The summed E-state index contributed by atoms with van der Waals surface area (Å²) in [7, 11) is 0. The zero-order chi connectivity index (χ0) is 68.4. The molecular formula is C65H94N16O13.